The van der Waals surface area contributed by atoms with E-state index in [-0.39, 0.29) is 4.47 Å². The zero-order chi connectivity index (χ0) is 10.9. The van der Waals surface area contributed by atoms with Crippen molar-refractivity contribution in [3.05, 3.63) is 33.5 Å². The standard InChI is InChI=1S/C8H2BrF4N/c9-6-2-5(8(11,12)13)1-4(3-14)7(6)10/h1-2H. The fraction of sp³-hybridized carbons (Fsp3) is 0.125. The van der Waals surface area contributed by atoms with Crippen molar-refractivity contribution >= 4 is 15.9 Å². The Labute approximate surface area is 85.1 Å². The van der Waals surface area contributed by atoms with Crippen LogP contribution in [0.4, 0.5) is 17.6 Å². The quantitative estimate of drug-likeness (QED) is 0.661. The number of hydrogen-bond donors (Lipinski definition) is 0. The van der Waals surface area contributed by atoms with Gasteiger partial charge in [0.2, 0.25) is 0 Å². The summed E-state index contributed by atoms with van der Waals surface area (Å²) in [6, 6.07) is 2.41. The minimum Gasteiger partial charge on any atom is -0.204 e. The van der Waals surface area contributed by atoms with Gasteiger partial charge in [-0.1, -0.05) is 0 Å². The van der Waals surface area contributed by atoms with Gasteiger partial charge in [-0.25, -0.2) is 4.39 Å². The summed E-state index contributed by atoms with van der Waals surface area (Å²) in [7, 11) is 0. The van der Waals surface area contributed by atoms with Gasteiger partial charge in [-0.3, -0.25) is 0 Å². The molecule has 1 aromatic carbocycles. The topological polar surface area (TPSA) is 23.8 Å². The smallest absolute Gasteiger partial charge is 0.204 e. The second-order valence-electron chi connectivity index (χ2n) is 2.43. The Morgan fingerprint density at radius 2 is 1.86 bits per heavy atom. The van der Waals surface area contributed by atoms with E-state index in [1.807, 2.05) is 0 Å². The fourth-order valence-electron chi connectivity index (χ4n) is 0.834. The van der Waals surface area contributed by atoms with Gasteiger partial charge in [-0.15, -0.1) is 0 Å². The first-order chi connectivity index (χ1) is 6.36. The molecule has 0 N–H and O–H groups in total. The molecule has 0 radical (unpaired) electrons. The van der Waals surface area contributed by atoms with Gasteiger partial charge in [0.05, 0.1) is 15.6 Å². The van der Waals surface area contributed by atoms with E-state index < -0.39 is 23.1 Å². The second-order valence-corrected chi connectivity index (χ2v) is 3.28. The average molecular weight is 268 g/mol. The van der Waals surface area contributed by atoms with Crippen molar-refractivity contribution in [2.45, 2.75) is 6.18 Å². The van der Waals surface area contributed by atoms with Crippen molar-refractivity contribution < 1.29 is 17.6 Å². The molecule has 0 spiro atoms. The van der Waals surface area contributed by atoms with E-state index in [0.29, 0.717) is 12.1 Å². The second kappa shape index (κ2) is 3.58. The lowest BCUT2D eigenvalue weighted by molar-refractivity contribution is -0.137. The predicted molar refractivity (Wildman–Crippen MR) is 43.8 cm³/mol. The maximum absolute atomic E-state index is 12.9. The van der Waals surface area contributed by atoms with Crippen molar-refractivity contribution in [2.24, 2.45) is 0 Å². The van der Waals surface area contributed by atoms with Crippen LogP contribution in [0.2, 0.25) is 0 Å². The number of alkyl halides is 3. The molecule has 0 saturated heterocycles. The van der Waals surface area contributed by atoms with Crippen LogP contribution >= 0.6 is 15.9 Å². The van der Waals surface area contributed by atoms with Gasteiger partial charge in [0.15, 0.2) is 5.82 Å². The number of hydrogen-bond acceptors (Lipinski definition) is 1. The highest BCUT2D eigenvalue weighted by Crippen LogP contribution is 2.33. The SMILES string of the molecule is N#Cc1cc(C(F)(F)F)cc(Br)c1F. The Kier molecular flexibility index (Phi) is 2.81. The van der Waals surface area contributed by atoms with Crippen LogP contribution in [0.5, 0.6) is 0 Å². The summed E-state index contributed by atoms with van der Waals surface area (Å²) in [5, 5.41) is 8.35. The number of nitrogens with zero attached hydrogens (tertiary/aromatic N) is 1. The van der Waals surface area contributed by atoms with E-state index in [0.717, 1.165) is 0 Å². The van der Waals surface area contributed by atoms with Crippen molar-refractivity contribution in [3.63, 3.8) is 0 Å². The van der Waals surface area contributed by atoms with E-state index in [1.54, 1.807) is 0 Å². The van der Waals surface area contributed by atoms with E-state index in [1.165, 1.54) is 6.07 Å². The van der Waals surface area contributed by atoms with Gasteiger partial charge in [0.25, 0.3) is 0 Å². The Morgan fingerprint density at radius 3 is 2.29 bits per heavy atom. The Hall–Kier alpha value is -1.09. The Morgan fingerprint density at radius 1 is 1.29 bits per heavy atom. The normalized spacial score (nSPS) is 11.1. The molecule has 0 fully saturated rings. The molecule has 1 rings (SSSR count). The van der Waals surface area contributed by atoms with Crippen LogP contribution in [0.3, 0.4) is 0 Å². The molecule has 74 valence electrons. The molecule has 1 nitrogen and oxygen atoms in total. The Balaban J connectivity index is 3.40. The van der Waals surface area contributed by atoms with Gasteiger partial charge in [-0.2, -0.15) is 18.4 Å². The van der Waals surface area contributed by atoms with Gasteiger partial charge in [-0.05, 0) is 28.1 Å². The average Bonchev–Trinajstić information content (AvgIpc) is 2.07. The molecular formula is C8H2BrF4N. The third-order valence-electron chi connectivity index (χ3n) is 1.48. The third-order valence-corrected chi connectivity index (χ3v) is 2.05. The molecule has 0 atom stereocenters. The molecule has 0 saturated carbocycles. The van der Waals surface area contributed by atoms with Crippen LogP contribution in [-0.4, -0.2) is 0 Å². The van der Waals surface area contributed by atoms with E-state index in [2.05, 4.69) is 15.9 Å². The molecule has 0 aliphatic carbocycles. The molecule has 0 aliphatic rings. The fourth-order valence-corrected chi connectivity index (χ4v) is 1.29. The number of benzene rings is 1. The lowest BCUT2D eigenvalue weighted by Crippen LogP contribution is -2.06. The lowest BCUT2D eigenvalue weighted by atomic mass is 10.1. The minimum atomic E-state index is -4.58. The summed E-state index contributed by atoms with van der Waals surface area (Å²) in [5.41, 5.74) is -1.69. The van der Waals surface area contributed by atoms with E-state index in [4.69, 9.17) is 5.26 Å². The molecule has 0 aliphatic heterocycles. The third kappa shape index (κ3) is 2.04. The van der Waals surface area contributed by atoms with Crippen LogP contribution in [0.25, 0.3) is 0 Å². The lowest BCUT2D eigenvalue weighted by Gasteiger charge is -2.07. The summed E-state index contributed by atoms with van der Waals surface area (Å²) in [5.74, 6) is -0.986. The first kappa shape index (κ1) is 11.0. The monoisotopic (exact) mass is 267 g/mol. The summed E-state index contributed by atoms with van der Waals surface area (Å²) >= 11 is 2.60. The highest BCUT2D eigenvalue weighted by molar-refractivity contribution is 9.10. The zero-order valence-electron chi connectivity index (χ0n) is 6.49. The maximum Gasteiger partial charge on any atom is 0.416 e. The molecule has 0 unspecified atom stereocenters. The zero-order valence-corrected chi connectivity index (χ0v) is 8.08. The molecule has 6 heteroatoms. The summed E-state index contributed by atoms with van der Waals surface area (Å²) < 4.78 is 49.1. The van der Waals surface area contributed by atoms with Crippen LogP contribution < -0.4 is 0 Å². The molecule has 14 heavy (non-hydrogen) atoms. The summed E-state index contributed by atoms with van der Waals surface area (Å²) in [4.78, 5) is 0. The molecule has 0 amide bonds. The largest absolute Gasteiger partial charge is 0.416 e. The number of halogens is 5. The van der Waals surface area contributed by atoms with Crippen molar-refractivity contribution in [2.75, 3.05) is 0 Å². The highest BCUT2D eigenvalue weighted by atomic mass is 79.9. The molecule has 0 aromatic heterocycles. The van der Waals surface area contributed by atoms with Crippen molar-refractivity contribution in [1.29, 1.82) is 5.26 Å². The van der Waals surface area contributed by atoms with Crippen molar-refractivity contribution in [3.8, 4) is 6.07 Å². The minimum absolute atomic E-state index is 0.371. The first-order valence-corrected chi connectivity index (χ1v) is 4.12. The summed E-state index contributed by atoms with van der Waals surface area (Å²) in [6.45, 7) is 0. The molecular weight excluding hydrogens is 266 g/mol. The van der Waals surface area contributed by atoms with Crippen molar-refractivity contribution in [1.82, 2.24) is 0 Å². The first-order valence-electron chi connectivity index (χ1n) is 3.32. The van der Waals surface area contributed by atoms with Crippen LogP contribution in [0.15, 0.2) is 16.6 Å². The number of nitriles is 1. The maximum atomic E-state index is 12.9. The van der Waals surface area contributed by atoms with Gasteiger partial charge >= 0.3 is 6.18 Å². The molecule has 0 heterocycles. The summed E-state index contributed by atoms with van der Waals surface area (Å²) in [6.07, 6.45) is -4.58. The molecule has 1 aromatic rings. The Bertz CT molecular complexity index is 405. The highest BCUT2D eigenvalue weighted by Gasteiger charge is 2.32. The van der Waals surface area contributed by atoms with Gasteiger partial charge in [0.1, 0.15) is 6.07 Å². The predicted octanol–water partition coefficient (Wildman–Crippen LogP) is 3.48. The van der Waals surface area contributed by atoms with Gasteiger partial charge in [0, 0.05) is 0 Å². The van der Waals surface area contributed by atoms with E-state index in [9.17, 15) is 17.6 Å². The van der Waals surface area contributed by atoms with Crippen LogP contribution in [-0.2, 0) is 6.18 Å². The van der Waals surface area contributed by atoms with Gasteiger partial charge < -0.3 is 0 Å². The van der Waals surface area contributed by atoms with E-state index >= 15 is 0 Å². The number of rotatable bonds is 0. The molecule has 0 bridgehead atoms. The van der Waals surface area contributed by atoms with Crippen LogP contribution in [0.1, 0.15) is 11.1 Å². The van der Waals surface area contributed by atoms with Crippen LogP contribution in [0, 0.1) is 17.1 Å².